The number of hydrogen-bond donors (Lipinski definition) is 3. The Labute approximate surface area is 325 Å². The number of aromatic nitrogens is 7. The van der Waals surface area contributed by atoms with Crippen molar-refractivity contribution in [2.75, 3.05) is 33.9 Å². The predicted octanol–water partition coefficient (Wildman–Crippen LogP) is 6.24. The number of likely N-dealkylation sites (tertiary alicyclic amines) is 1. The lowest BCUT2D eigenvalue weighted by molar-refractivity contribution is -0.0497. The molecule has 1 unspecified atom stereocenters. The summed E-state index contributed by atoms with van der Waals surface area (Å²) in [6, 6.07) is 19.4. The van der Waals surface area contributed by atoms with Crippen LogP contribution in [0.2, 0.25) is 5.02 Å². The van der Waals surface area contributed by atoms with Gasteiger partial charge in [0.2, 0.25) is 0 Å². The van der Waals surface area contributed by atoms with Gasteiger partial charge in [-0.05, 0) is 68.3 Å². The van der Waals surface area contributed by atoms with Gasteiger partial charge in [-0.15, -0.1) is 0 Å². The number of benzene rings is 3. The Kier molecular flexibility index (Phi) is 11.8. The summed E-state index contributed by atoms with van der Waals surface area (Å²) in [5.74, 6) is 0.908. The molecule has 3 N–H and O–H groups in total. The second-order valence-corrected chi connectivity index (χ2v) is 14.9. The van der Waals surface area contributed by atoms with Crippen molar-refractivity contribution >= 4 is 55.5 Å². The number of rotatable bonds is 12. The van der Waals surface area contributed by atoms with E-state index in [-0.39, 0.29) is 34.1 Å². The highest BCUT2D eigenvalue weighted by Gasteiger charge is 2.24. The topological polar surface area (TPSA) is 165 Å². The van der Waals surface area contributed by atoms with Crippen molar-refractivity contribution in [3.05, 3.63) is 105 Å². The monoisotopic (exact) mass is 808 g/mol. The Hall–Kier alpha value is -5.52. The molecule has 1 aliphatic heterocycles. The molecule has 4 aromatic heterocycles. The number of imidazole rings is 3. The van der Waals surface area contributed by atoms with E-state index in [0.717, 1.165) is 61.0 Å². The highest BCUT2D eigenvalue weighted by atomic mass is 35.5. The van der Waals surface area contributed by atoms with Gasteiger partial charge in [0.05, 0.1) is 69.6 Å². The number of methoxy groups -OCH3 is 2. The lowest BCUT2D eigenvalue weighted by Gasteiger charge is -2.32. The van der Waals surface area contributed by atoms with Gasteiger partial charge in [-0.25, -0.2) is 14.6 Å². The van der Waals surface area contributed by atoms with E-state index in [4.69, 9.17) is 21.1 Å². The second-order valence-electron chi connectivity index (χ2n) is 13.1. The molecule has 0 spiro atoms. The predicted molar refractivity (Wildman–Crippen MR) is 210 cm³/mol. The van der Waals surface area contributed by atoms with Gasteiger partial charge in [0.25, 0.3) is 0 Å². The third-order valence-corrected chi connectivity index (χ3v) is 11.0. The maximum Gasteiger partial charge on any atom is 0.387 e. The van der Waals surface area contributed by atoms with Crippen LogP contribution in [0.3, 0.4) is 0 Å². The van der Waals surface area contributed by atoms with Crippen LogP contribution in [0.5, 0.6) is 17.2 Å². The zero-order chi connectivity index (χ0) is 39.3. The van der Waals surface area contributed by atoms with Crippen LogP contribution in [0.1, 0.15) is 31.0 Å². The minimum atomic E-state index is -2.92. The van der Waals surface area contributed by atoms with Crippen LogP contribution in [-0.2, 0) is 23.1 Å². The lowest BCUT2D eigenvalue weighted by Crippen LogP contribution is -2.37. The van der Waals surface area contributed by atoms with E-state index in [0.29, 0.717) is 39.8 Å². The summed E-state index contributed by atoms with van der Waals surface area (Å²) in [5, 5.41) is 0.820. The molecule has 5 heterocycles. The second kappa shape index (κ2) is 17.1. The molecule has 0 aliphatic carbocycles. The van der Waals surface area contributed by atoms with E-state index in [1.807, 2.05) is 45.5 Å². The molecule has 7 aromatic rings. The van der Waals surface area contributed by atoms with E-state index < -0.39 is 17.4 Å². The van der Waals surface area contributed by atoms with Crippen LogP contribution in [0.15, 0.2) is 87.7 Å². The van der Waals surface area contributed by atoms with Gasteiger partial charge >= 0.3 is 18.0 Å². The molecule has 1 aliphatic rings. The molecule has 3 aromatic carbocycles. The number of pyridine rings is 1. The number of hydrogen-bond acceptors (Lipinski definition) is 9. The molecule has 1 fully saturated rings. The van der Waals surface area contributed by atoms with Crippen molar-refractivity contribution in [3.63, 3.8) is 0 Å². The summed E-state index contributed by atoms with van der Waals surface area (Å²) in [6.07, 6.45) is 4.31. The maximum atomic E-state index is 12.6. The largest absolute Gasteiger partial charge is 0.493 e. The number of piperidine rings is 1. The van der Waals surface area contributed by atoms with E-state index >= 15 is 0 Å². The van der Waals surface area contributed by atoms with Gasteiger partial charge in [-0.2, -0.15) is 8.78 Å². The maximum absolute atomic E-state index is 12.6. The number of fused-ring (bicyclic) bond motifs is 3. The number of nitrogens with zero attached hydrogens (tertiary/aromatic N) is 5. The minimum Gasteiger partial charge on any atom is -0.493 e. The average molecular weight is 809 g/mol. The molecule has 8 rings (SSSR count). The number of nitrogens with one attached hydrogen (secondary N) is 3. The van der Waals surface area contributed by atoms with Gasteiger partial charge in [-0.3, -0.25) is 18.3 Å². The lowest BCUT2D eigenvalue weighted by atomic mass is 10.0. The summed E-state index contributed by atoms with van der Waals surface area (Å²) in [7, 11) is 1.41. The van der Waals surface area contributed by atoms with Crippen molar-refractivity contribution < 1.29 is 27.2 Å². The summed E-state index contributed by atoms with van der Waals surface area (Å²) in [6.45, 7) is 0.610. The molecule has 14 nitrogen and oxygen atoms in total. The van der Waals surface area contributed by atoms with Gasteiger partial charge in [0.15, 0.2) is 16.7 Å². The number of H-pyrrole nitrogens is 3. The van der Waals surface area contributed by atoms with E-state index in [1.54, 1.807) is 12.1 Å². The highest BCUT2D eigenvalue weighted by Crippen LogP contribution is 2.31. The molecule has 56 heavy (non-hydrogen) atoms. The number of para-hydroxylation sites is 2. The Bertz CT molecular complexity index is 2610. The van der Waals surface area contributed by atoms with Crippen molar-refractivity contribution in [2.45, 2.75) is 49.4 Å². The quantitative estimate of drug-likeness (QED) is 0.130. The Balaban J connectivity index is 0.000000174. The number of halogens is 3. The van der Waals surface area contributed by atoms with Crippen LogP contribution in [0.25, 0.3) is 33.1 Å². The molecule has 0 bridgehead atoms. The molecule has 0 amide bonds. The summed E-state index contributed by atoms with van der Waals surface area (Å²) in [5.41, 5.74) is 4.82. The third-order valence-electron chi connectivity index (χ3n) is 9.64. The Morgan fingerprint density at radius 1 is 0.893 bits per heavy atom. The van der Waals surface area contributed by atoms with E-state index in [1.165, 1.54) is 38.6 Å². The van der Waals surface area contributed by atoms with Crippen LogP contribution < -0.4 is 25.6 Å². The molecular weight excluding hydrogens is 770 g/mol. The fraction of sp³-hybridized carbons (Fsp3) is 0.316. The van der Waals surface area contributed by atoms with Gasteiger partial charge in [0.1, 0.15) is 5.75 Å². The minimum absolute atomic E-state index is 0.00962. The first-order valence-corrected chi connectivity index (χ1v) is 19.5. The van der Waals surface area contributed by atoms with Crippen LogP contribution in [0, 0.1) is 0 Å². The third kappa shape index (κ3) is 8.49. The first-order valence-electron chi connectivity index (χ1n) is 17.8. The van der Waals surface area contributed by atoms with Crippen molar-refractivity contribution in [2.24, 2.45) is 0 Å². The summed E-state index contributed by atoms with van der Waals surface area (Å²) >= 11 is 6.05. The fourth-order valence-corrected chi connectivity index (χ4v) is 8.23. The van der Waals surface area contributed by atoms with Crippen LogP contribution in [-0.4, -0.2) is 83.6 Å². The van der Waals surface area contributed by atoms with Gasteiger partial charge < -0.3 is 34.1 Å². The summed E-state index contributed by atoms with van der Waals surface area (Å²) in [4.78, 5) is 44.2. The first kappa shape index (κ1) is 38.7. The van der Waals surface area contributed by atoms with Crippen LogP contribution >= 0.6 is 11.6 Å². The van der Waals surface area contributed by atoms with Gasteiger partial charge in [0, 0.05) is 49.0 Å². The van der Waals surface area contributed by atoms with E-state index in [9.17, 15) is 22.6 Å². The molecular formula is C38H39ClF2N8O6S. The van der Waals surface area contributed by atoms with Crippen molar-refractivity contribution in [1.82, 2.24) is 39.0 Å². The molecule has 1 saturated heterocycles. The first-order chi connectivity index (χ1) is 27.1. The number of aryl methyl sites for hydroxylation is 1. The normalized spacial score (nSPS) is 14.3. The Morgan fingerprint density at radius 2 is 1.68 bits per heavy atom. The molecule has 294 valence electrons. The molecule has 18 heteroatoms. The SMILES string of the molecule is COc1ccnc(CS(=O)c2nc3ccc(OC(F)F)cc3[nH]2)c1OC.O=c1[nH]c2ccccc2n1CCCN1CCC(n2c(=O)[nH]c3cc(Cl)ccc32)CC1. The number of ether oxygens (including phenoxy) is 3. The van der Waals surface area contributed by atoms with Crippen molar-refractivity contribution in [3.8, 4) is 17.2 Å². The molecule has 0 radical (unpaired) electrons. The van der Waals surface area contributed by atoms with Crippen LogP contribution in [0.4, 0.5) is 8.78 Å². The smallest absolute Gasteiger partial charge is 0.387 e. The van der Waals surface area contributed by atoms with E-state index in [2.05, 4.69) is 34.6 Å². The number of alkyl halides is 2. The zero-order valence-corrected chi connectivity index (χ0v) is 32.0. The van der Waals surface area contributed by atoms with Crippen molar-refractivity contribution in [1.29, 1.82) is 0 Å². The summed E-state index contributed by atoms with van der Waals surface area (Å²) < 4.78 is 55.8. The standard InChI is InChI=1S/C22H24ClN5O2.C16H15F2N3O4S/c23-15-6-7-20-18(14-15)25-22(30)28(20)16-8-12-26(13-9-16)10-3-11-27-19-5-2-1-4-17(19)24-21(27)29;1-23-13-5-6-19-12(14(13)24-2)8-26(22)16-20-10-4-3-9(25-15(17)18)7-11(10)21-16/h1-2,4-7,14,16H,3,8-13H2,(H,24,29)(H,25,30);3-7,15H,8H2,1-2H3,(H,20,21). The molecule has 0 saturated carbocycles. The Morgan fingerprint density at radius 3 is 2.45 bits per heavy atom. The van der Waals surface area contributed by atoms with Gasteiger partial charge in [-0.1, -0.05) is 23.7 Å². The molecule has 1 atom stereocenters. The average Bonchev–Trinajstić information content (AvgIpc) is 3.86. The highest BCUT2D eigenvalue weighted by molar-refractivity contribution is 7.84. The zero-order valence-electron chi connectivity index (χ0n) is 30.5. The fourth-order valence-electron chi connectivity index (χ4n) is 7.04. The number of aromatic amines is 3.